The molecule has 0 aromatic heterocycles. The fourth-order valence-electron chi connectivity index (χ4n) is 2.42. The smallest absolute Gasteiger partial charge is 0.0641 e. The molecule has 1 saturated heterocycles. The van der Waals surface area contributed by atoms with E-state index < -0.39 is 0 Å². The first-order chi connectivity index (χ1) is 8.24. The second-order valence-corrected chi connectivity index (χ2v) is 5.22. The molecule has 0 bridgehead atoms. The molecule has 1 aliphatic rings. The fourth-order valence-corrected chi connectivity index (χ4v) is 2.85. The van der Waals surface area contributed by atoms with Crippen molar-refractivity contribution in [2.24, 2.45) is 0 Å². The number of aliphatic hydroxyl groups is 1. The maximum Gasteiger partial charge on any atom is 0.0641 e. The molecular formula is C13H17Cl2NO. The van der Waals surface area contributed by atoms with Gasteiger partial charge in [0.05, 0.1) is 22.7 Å². The molecule has 0 saturated carbocycles. The number of hydrogen-bond acceptors (Lipinski definition) is 2. The predicted molar refractivity (Wildman–Crippen MR) is 71.7 cm³/mol. The molecule has 2 nitrogen and oxygen atoms in total. The Morgan fingerprint density at radius 1 is 1.18 bits per heavy atom. The number of hydrogen-bond donors (Lipinski definition) is 1. The van der Waals surface area contributed by atoms with Crippen LogP contribution in [0, 0.1) is 0 Å². The third-order valence-electron chi connectivity index (χ3n) is 3.34. The van der Waals surface area contributed by atoms with E-state index in [2.05, 4.69) is 4.90 Å². The van der Waals surface area contributed by atoms with E-state index in [0.717, 1.165) is 18.7 Å². The van der Waals surface area contributed by atoms with E-state index in [-0.39, 0.29) is 12.6 Å². The van der Waals surface area contributed by atoms with Gasteiger partial charge in [-0.25, -0.2) is 0 Å². The van der Waals surface area contributed by atoms with Crippen molar-refractivity contribution in [1.82, 2.24) is 4.90 Å². The average Bonchev–Trinajstić information content (AvgIpc) is 2.37. The van der Waals surface area contributed by atoms with Crippen LogP contribution in [0.25, 0.3) is 0 Å². The highest BCUT2D eigenvalue weighted by Gasteiger charge is 2.23. The summed E-state index contributed by atoms with van der Waals surface area (Å²) in [6.07, 6.45) is 3.65. The number of halogens is 2. The maximum atomic E-state index is 9.60. The van der Waals surface area contributed by atoms with E-state index in [0.29, 0.717) is 10.0 Å². The molecule has 1 aromatic rings. The molecule has 1 aromatic carbocycles. The molecule has 1 atom stereocenters. The summed E-state index contributed by atoms with van der Waals surface area (Å²) in [6, 6.07) is 5.58. The Kier molecular flexibility index (Phi) is 4.69. The first-order valence-electron chi connectivity index (χ1n) is 6.03. The molecule has 17 heavy (non-hydrogen) atoms. The van der Waals surface area contributed by atoms with Gasteiger partial charge in [-0.1, -0.05) is 41.8 Å². The van der Waals surface area contributed by atoms with Crippen LogP contribution in [-0.2, 0) is 0 Å². The quantitative estimate of drug-likeness (QED) is 0.911. The van der Waals surface area contributed by atoms with Crippen LogP contribution >= 0.6 is 23.2 Å². The Morgan fingerprint density at radius 3 is 2.53 bits per heavy atom. The molecule has 0 radical (unpaired) electrons. The van der Waals surface area contributed by atoms with E-state index in [1.807, 2.05) is 12.1 Å². The maximum absolute atomic E-state index is 9.60. The van der Waals surface area contributed by atoms with Gasteiger partial charge in [-0.3, -0.25) is 4.90 Å². The lowest BCUT2D eigenvalue weighted by atomic mass is 10.0. The van der Waals surface area contributed by atoms with Crippen LogP contribution in [-0.4, -0.2) is 29.7 Å². The van der Waals surface area contributed by atoms with Gasteiger partial charge in [0.15, 0.2) is 0 Å². The molecule has 0 amide bonds. The Labute approximate surface area is 112 Å². The van der Waals surface area contributed by atoms with Crippen molar-refractivity contribution in [3.63, 3.8) is 0 Å². The van der Waals surface area contributed by atoms with Gasteiger partial charge in [-0.05, 0) is 37.6 Å². The van der Waals surface area contributed by atoms with Crippen LogP contribution < -0.4 is 0 Å². The zero-order chi connectivity index (χ0) is 12.3. The van der Waals surface area contributed by atoms with Crippen molar-refractivity contribution in [3.8, 4) is 0 Å². The van der Waals surface area contributed by atoms with Crippen molar-refractivity contribution in [1.29, 1.82) is 0 Å². The highest BCUT2D eigenvalue weighted by molar-refractivity contribution is 6.42. The monoisotopic (exact) mass is 273 g/mol. The number of rotatable bonds is 3. The number of nitrogens with zero attached hydrogens (tertiary/aromatic N) is 1. The van der Waals surface area contributed by atoms with Gasteiger partial charge >= 0.3 is 0 Å². The van der Waals surface area contributed by atoms with Crippen molar-refractivity contribution < 1.29 is 5.11 Å². The van der Waals surface area contributed by atoms with E-state index >= 15 is 0 Å². The van der Waals surface area contributed by atoms with Crippen LogP contribution in [0.15, 0.2) is 18.2 Å². The number of aliphatic hydroxyl groups excluding tert-OH is 1. The molecule has 94 valence electrons. The Balaban J connectivity index is 2.24. The fraction of sp³-hybridized carbons (Fsp3) is 0.538. The summed E-state index contributed by atoms with van der Waals surface area (Å²) in [5, 5.41) is 10.7. The standard InChI is InChI=1S/C13H17Cl2NO/c14-11-6-4-5-10(13(11)15)12(9-17)16-7-2-1-3-8-16/h4-6,12,17H,1-3,7-9H2/t12-/m0/s1. The largest absolute Gasteiger partial charge is 0.394 e. The van der Waals surface area contributed by atoms with Crippen LogP contribution in [0.5, 0.6) is 0 Å². The van der Waals surface area contributed by atoms with Gasteiger partial charge in [-0.15, -0.1) is 0 Å². The molecular weight excluding hydrogens is 257 g/mol. The molecule has 1 heterocycles. The van der Waals surface area contributed by atoms with Gasteiger partial charge in [-0.2, -0.15) is 0 Å². The topological polar surface area (TPSA) is 23.5 Å². The zero-order valence-corrected chi connectivity index (χ0v) is 11.2. The summed E-state index contributed by atoms with van der Waals surface area (Å²) in [5.41, 5.74) is 0.934. The van der Waals surface area contributed by atoms with E-state index in [9.17, 15) is 5.11 Å². The van der Waals surface area contributed by atoms with Crippen molar-refractivity contribution in [2.75, 3.05) is 19.7 Å². The molecule has 0 aliphatic carbocycles. The Morgan fingerprint density at radius 2 is 1.88 bits per heavy atom. The van der Waals surface area contributed by atoms with E-state index in [1.54, 1.807) is 6.07 Å². The van der Waals surface area contributed by atoms with Crippen LogP contribution in [0.4, 0.5) is 0 Å². The molecule has 1 fully saturated rings. The predicted octanol–water partition coefficient (Wildman–Crippen LogP) is 3.51. The summed E-state index contributed by atoms with van der Waals surface area (Å²) < 4.78 is 0. The lowest BCUT2D eigenvalue weighted by molar-refractivity contribution is 0.104. The molecule has 1 N–H and O–H groups in total. The summed E-state index contributed by atoms with van der Waals surface area (Å²) >= 11 is 12.2. The Bertz CT molecular complexity index is 378. The molecule has 2 rings (SSSR count). The second kappa shape index (κ2) is 6.05. The SMILES string of the molecule is OC[C@@H](c1cccc(Cl)c1Cl)N1CCCCC1. The summed E-state index contributed by atoms with van der Waals surface area (Å²) in [5.74, 6) is 0. The lowest BCUT2D eigenvalue weighted by Gasteiger charge is -2.34. The highest BCUT2D eigenvalue weighted by Crippen LogP contribution is 2.33. The summed E-state index contributed by atoms with van der Waals surface area (Å²) in [4.78, 5) is 2.29. The van der Waals surface area contributed by atoms with Gasteiger partial charge in [0.1, 0.15) is 0 Å². The Hall–Kier alpha value is -0.280. The van der Waals surface area contributed by atoms with Gasteiger partial charge in [0, 0.05) is 0 Å². The van der Waals surface area contributed by atoms with Crippen molar-refractivity contribution >= 4 is 23.2 Å². The normalized spacial score (nSPS) is 19.2. The average molecular weight is 274 g/mol. The zero-order valence-electron chi connectivity index (χ0n) is 9.70. The minimum absolute atomic E-state index is 0.0264. The number of benzene rings is 1. The van der Waals surface area contributed by atoms with E-state index in [4.69, 9.17) is 23.2 Å². The van der Waals surface area contributed by atoms with Crippen molar-refractivity contribution in [2.45, 2.75) is 25.3 Å². The molecule has 4 heteroatoms. The lowest BCUT2D eigenvalue weighted by Crippen LogP contribution is -2.35. The number of piperidine rings is 1. The van der Waals surface area contributed by atoms with Crippen molar-refractivity contribution in [3.05, 3.63) is 33.8 Å². The van der Waals surface area contributed by atoms with E-state index in [1.165, 1.54) is 19.3 Å². The minimum atomic E-state index is -0.0264. The van der Waals surface area contributed by atoms with Gasteiger partial charge in [0.25, 0.3) is 0 Å². The van der Waals surface area contributed by atoms with Crippen LogP contribution in [0.1, 0.15) is 30.9 Å². The van der Waals surface area contributed by atoms with Crippen LogP contribution in [0.2, 0.25) is 10.0 Å². The van der Waals surface area contributed by atoms with Crippen LogP contribution in [0.3, 0.4) is 0 Å². The minimum Gasteiger partial charge on any atom is -0.394 e. The van der Waals surface area contributed by atoms with Gasteiger partial charge < -0.3 is 5.11 Å². The third kappa shape index (κ3) is 2.94. The number of likely N-dealkylation sites (tertiary alicyclic amines) is 1. The molecule has 1 aliphatic heterocycles. The van der Waals surface area contributed by atoms with Gasteiger partial charge in [0.2, 0.25) is 0 Å². The first-order valence-corrected chi connectivity index (χ1v) is 6.78. The highest BCUT2D eigenvalue weighted by atomic mass is 35.5. The third-order valence-corrected chi connectivity index (χ3v) is 4.18. The summed E-state index contributed by atoms with van der Waals surface area (Å²) in [7, 11) is 0. The first kappa shape index (κ1) is 13.2. The molecule has 0 unspecified atom stereocenters. The molecule has 0 spiro atoms. The second-order valence-electron chi connectivity index (χ2n) is 4.44. The summed E-state index contributed by atoms with van der Waals surface area (Å²) in [6.45, 7) is 2.13.